The lowest BCUT2D eigenvalue weighted by Gasteiger charge is -2.10. The van der Waals surface area contributed by atoms with Gasteiger partial charge in [0.2, 0.25) is 5.91 Å². The third-order valence-corrected chi connectivity index (χ3v) is 4.68. The van der Waals surface area contributed by atoms with E-state index in [4.69, 9.17) is 9.47 Å². The molecule has 0 aliphatic rings. The predicted molar refractivity (Wildman–Crippen MR) is 100 cm³/mol. The van der Waals surface area contributed by atoms with Crippen LogP contribution in [0.4, 0.5) is 0 Å². The van der Waals surface area contributed by atoms with E-state index < -0.39 is 0 Å². The van der Waals surface area contributed by atoms with Crippen molar-refractivity contribution >= 4 is 17.2 Å². The summed E-state index contributed by atoms with van der Waals surface area (Å²) in [5.74, 6) is 1.22. The molecule has 2 aromatic heterocycles. The van der Waals surface area contributed by atoms with Crippen molar-refractivity contribution in [2.24, 2.45) is 0 Å². The van der Waals surface area contributed by atoms with Gasteiger partial charge in [-0.05, 0) is 29.8 Å². The number of rotatable bonds is 7. The molecule has 0 radical (unpaired) electrons. The van der Waals surface area contributed by atoms with E-state index in [2.05, 4.69) is 15.3 Å². The fraction of sp³-hybridized carbons (Fsp3) is 0.211. The van der Waals surface area contributed by atoms with E-state index >= 15 is 0 Å². The minimum Gasteiger partial charge on any atom is -0.493 e. The molecule has 0 unspecified atom stereocenters. The van der Waals surface area contributed by atoms with E-state index in [0.717, 1.165) is 21.8 Å². The summed E-state index contributed by atoms with van der Waals surface area (Å²) < 4.78 is 10.5. The van der Waals surface area contributed by atoms with E-state index in [1.165, 1.54) is 11.3 Å². The number of hydrogen-bond donors (Lipinski definition) is 1. The molecular formula is C19H19N3O3S. The first-order valence-electron chi connectivity index (χ1n) is 8.02. The van der Waals surface area contributed by atoms with Crippen LogP contribution in [0.2, 0.25) is 0 Å². The molecule has 26 heavy (non-hydrogen) atoms. The topological polar surface area (TPSA) is 73.3 Å². The minimum absolute atomic E-state index is 0.0807. The number of aromatic nitrogens is 2. The van der Waals surface area contributed by atoms with E-state index in [9.17, 15) is 4.79 Å². The van der Waals surface area contributed by atoms with Crippen molar-refractivity contribution in [1.82, 2.24) is 15.3 Å². The van der Waals surface area contributed by atoms with E-state index in [-0.39, 0.29) is 12.3 Å². The smallest absolute Gasteiger partial charge is 0.226 e. The Hall–Kier alpha value is -2.93. The highest BCUT2D eigenvalue weighted by atomic mass is 32.1. The van der Waals surface area contributed by atoms with Crippen LogP contribution in [-0.2, 0) is 17.8 Å². The summed E-state index contributed by atoms with van der Waals surface area (Å²) in [4.78, 5) is 20.8. The third kappa shape index (κ3) is 4.37. The fourth-order valence-corrected chi connectivity index (χ4v) is 3.24. The van der Waals surface area contributed by atoms with Crippen LogP contribution in [0.25, 0.3) is 10.6 Å². The summed E-state index contributed by atoms with van der Waals surface area (Å²) in [6, 6.07) is 9.38. The van der Waals surface area contributed by atoms with Crippen molar-refractivity contribution in [1.29, 1.82) is 0 Å². The van der Waals surface area contributed by atoms with Crippen molar-refractivity contribution < 1.29 is 14.3 Å². The Kier molecular flexibility index (Phi) is 5.80. The SMILES string of the molecule is COc1ccc(CNC(=O)Cc2csc(-c3cccnc3)n2)cc1OC. The lowest BCUT2D eigenvalue weighted by atomic mass is 10.2. The van der Waals surface area contributed by atoms with Crippen LogP contribution in [0.1, 0.15) is 11.3 Å². The summed E-state index contributed by atoms with van der Waals surface area (Å²) >= 11 is 1.51. The molecule has 0 fully saturated rings. The van der Waals surface area contributed by atoms with Gasteiger partial charge in [0, 0.05) is 29.9 Å². The molecule has 0 spiro atoms. The Balaban J connectivity index is 1.57. The lowest BCUT2D eigenvalue weighted by molar-refractivity contribution is -0.120. The molecule has 3 aromatic rings. The minimum atomic E-state index is -0.0807. The molecule has 1 amide bonds. The standard InChI is InChI=1S/C19H19N3O3S/c1-24-16-6-5-13(8-17(16)25-2)10-21-18(23)9-15-12-26-19(22-15)14-4-3-7-20-11-14/h3-8,11-12H,9-10H2,1-2H3,(H,21,23). The van der Waals surface area contributed by atoms with E-state index in [1.807, 2.05) is 35.7 Å². The molecule has 2 heterocycles. The van der Waals surface area contributed by atoms with Crippen LogP contribution in [0.3, 0.4) is 0 Å². The average Bonchev–Trinajstić information content (AvgIpc) is 3.15. The molecule has 1 N–H and O–H groups in total. The first-order chi connectivity index (χ1) is 12.7. The normalized spacial score (nSPS) is 10.4. The van der Waals surface area contributed by atoms with Crippen LogP contribution in [0, 0.1) is 0 Å². The molecule has 3 rings (SSSR count). The highest BCUT2D eigenvalue weighted by Crippen LogP contribution is 2.27. The maximum absolute atomic E-state index is 12.2. The van der Waals surface area contributed by atoms with E-state index in [0.29, 0.717) is 18.0 Å². The zero-order valence-corrected chi connectivity index (χ0v) is 15.4. The first-order valence-corrected chi connectivity index (χ1v) is 8.90. The number of ether oxygens (including phenoxy) is 2. The zero-order chi connectivity index (χ0) is 18.4. The van der Waals surface area contributed by atoms with E-state index in [1.54, 1.807) is 26.6 Å². The number of carbonyl (C=O) groups excluding carboxylic acids is 1. The number of thiazole rings is 1. The van der Waals surface area contributed by atoms with Crippen LogP contribution in [0.15, 0.2) is 48.1 Å². The van der Waals surface area contributed by atoms with Crippen molar-refractivity contribution in [3.05, 3.63) is 59.4 Å². The predicted octanol–water partition coefficient (Wildman–Crippen LogP) is 3.08. The number of amides is 1. The Morgan fingerprint density at radius 3 is 2.77 bits per heavy atom. The van der Waals surface area contributed by atoms with Gasteiger partial charge in [-0.1, -0.05) is 6.07 Å². The summed E-state index contributed by atoms with van der Waals surface area (Å²) in [7, 11) is 3.18. The number of nitrogens with zero attached hydrogens (tertiary/aromatic N) is 2. The Labute approximate surface area is 155 Å². The second-order valence-electron chi connectivity index (χ2n) is 5.53. The van der Waals surface area contributed by atoms with Crippen molar-refractivity contribution in [3.63, 3.8) is 0 Å². The Bertz CT molecular complexity index is 881. The number of pyridine rings is 1. The molecule has 0 atom stereocenters. The molecule has 7 heteroatoms. The molecular weight excluding hydrogens is 350 g/mol. The maximum Gasteiger partial charge on any atom is 0.226 e. The Morgan fingerprint density at radius 1 is 1.19 bits per heavy atom. The summed E-state index contributed by atoms with van der Waals surface area (Å²) in [6.07, 6.45) is 3.73. The quantitative estimate of drug-likeness (QED) is 0.693. The van der Waals surface area contributed by atoms with Crippen molar-refractivity contribution in [3.8, 4) is 22.1 Å². The molecule has 0 aliphatic heterocycles. The number of carbonyl (C=O) groups is 1. The van der Waals surface area contributed by atoms with Gasteiger partial charge in [0.15, 0.2) is 11.5 Å². The number of hydrogen-bond acceptors (Lipinski definition) is 6. The number of nitrogens with one attached hydrogen (secondary N) is 1. The molecule has 1 aromatic carbocycles. The van der Waals surface area contributed by atoms with Crippen LogP contribution < -0.4 is 14.8 Å². The fourth-order valence-electron chi connectivity index (χ4n) is 2.43. The van der Waals surface area contributed by atoms with Gasteiger partial charge in [-0.2, -0.15) is 0 Å². The molecule has 0 bridgehead atoms. The molecule has 134 valence electrons. The van der Waals surface area contributed by atoms with Crippen molar-refractivity contribution in [2.75, 3.05) is 14.2 Å². The molecule has 0 saturated heterocycles. The van der Waals surface area contributed by atoms with Gasteiger partial charge < -0.3 is 14.8 Å². The van der Waals surface area contributed by atoms with Gasteiger partial charge in [-0.15, -0.1) is 11.3 Å². The highest BCUT2D eigenvalue weighted by Gasteiger charge is 2.10. The average molecular weight is 369 g/mol. The molecule has 0 aliphatic carbocycles. The zero-order valence-electron chi connectivity index (χ0n) is 14.6. The number of benzene rings is 1. The largest absolute Gasteiger partial charge is 0.493 e. The van der Waals surface area contributed by atoms with Crippen LogP contribution in [-0.4, -0.2) is 30.1 Å². The second kappa shape index (κ2) is 8.44. The van der Waals surface area contributed by atoms with Gasteiger partial charge >= 0.3 is 0 Å². The monoisotopic (exact) mass is 369 g/mol. The molecule has 6 nitrogen and oxygen atoms in total. The second-order valence-corrected chi connectivity index (χ2v) is 6.39. The van der Waals surface area contributed by atoms with Gasteiger partial charge in [0.05, 0.1) is 26.3 Å². The number of methoxy groups -OCH3 is 2. The van der Waals surface area contributed by atoms with Gasteiger partial charge in [0.25, 0.3) is 0 Å². The summed E-state index contributed by atoms with van der Waals surface area (Å²) in [5.41, 5.74) is 2.64. The highest BCUT2D eigenvalue weighted by molar-refractivity contribution is 7.13. The van der Waals surface area contributed by atoms with Crippen LogP contribution >= 0.6 is 11.3 Å². The maximum atomic E-state index is 12.2. The van der Waals surface area contributed by atoms with Gasteiger partial charge in [-0.25, -0.2) is 4.98 Å². The molecule has 0 saturated carbocycles. The van der Waals surface area contributed by atoms with Gasteiger partial charge in [-0.3, -0.25) is 9.78 Å². The lowest BCUT2D eigenvalue weighted by Crippen LogP contribution is -2.24. The van der Waals surface area contributed by atoms with Crippen molar-refractivity contribution in [2.45, 2.75) is 13.0 Å². The van der Waals surface area contributed by atoms with Gasteiger partial charge in [0.1, 0.15) is 5.01 Å². The third-order valence-electron chi connectivity index (χ3n) is 3.74. The first kappa shape index (κ1) is 17.9. The Morgan fingerprint density at radius 2 is 2.04 bits per heavy atom. The summed E-state index contributed by atoms with van der Waals surface area (Å²) in [5, 5.41) is 5.67. The summed E-state index contributed by atoms with van der Waals surface area (Å²) in [6.45, 7) is 0.415. The van der Waals surface area contributed by atoms with Crippen LogP contribution in [0.5, 0.6) is 11.5 Å².